The van der Waals surface area contributed by atoms with Crippen molar-refractivity contribution in [2.45, 2.75) is 85.0 Å². The summed E-state index contributed by atoms with van der Waals surface area (Å²) in [4.78, 5) is 43.1. The molecule has 1 aromatic heterocycles. The van der Waals surface area contributed by atoms with Crippen LogP contribution >= 0.6 is 11.3 Å². The molecule has 0 radical (unpaired) electrons. The zero-order valence-corrected chi connectivity index (χ0v) is 25.0. The van der Waals surface area contributed by atoms with E-state index in [2.05, 4.69) is 16.7 Å². The lowest BCUT2D eigenvalue weighted by Gasteiger charge is -2.28. The topological polar surface area (TPSA) is 107 Å². The molecule has 0 bridgehead atoms. The number of thiazole rings is 1. The number of esters is 1. The van der Waals surface area contributed by atoms with E-state index in [0.29, 0.717) is 25.8 Å². The number of aromatic nitrogens is 1. The van der Waals surface area contributed by atoms with Crippen molar-refractivity contribution in [2.24, 2.45) is 5.41 Å². The number of rotatable bonds is 8. The van der Waals surface area contributed by atoms with E-state index in [4.69, 9.17) is 14.5 Å². The molecule has 4 rings (SSSR count). The van der Waals surface area contributed by atoms with Crippen molar-refractivity contribution in [1.29, 1.82) is 0 Å². The number of benzene rings is 2. The number of hydrogen-bond donors (Lipinski definition) is 2. The molecule has 0 spiro atoms. The molecule has 214 valence electrons. The van der Waals surface area contributed by atoms with Gasteiger partial charge < -0.3 is 20.1 Å². The van der Waals surface area contributed by atoms with Gasteiger partial charge in [0, 0.05) is 6.54 Å². The van der Waals surface area contributed by atoms with Gasteiger partial charge in [0.1, 0.15) is 16.2 Å². The minimum atomic E-state index is -0.892. The van der Waals surface area contributed by atoms with Crippen molar-refractivity contribution in [2.75, 3.05) is 6.54 Å². The van der Waals surface area contributed by atoms with Crippen LogP contribution in [-0.4, -0.2) is 40.7 Å². The van der Waals surface area contributed by atoms with E-state index in [9.17, 15) is 14.4 Å². The number of hydrogen-bond acceptors (Lipinski definition) is 7. The standard InChI is InChI=1S/C31H39N3O5S/c1-29(2,3)38-26(35)18-31(16-21-9-7-8-10-22(21)17-31)27(36)33-19-25-34-23-12-11-20(15-24(23)40-25)13-14-32-28(37)39-30(4,5)6/h7-12,15H,13-14,16-19H2,1-6H3,(H,32,37)(H,33,36). The Bertz CT molecular complexity index is 1370. The van der Waals surface area contributed by atoms with Gasteiger partial charge in [-0.3, -0.25) is 9.59 Å². The third-order valence-corrected chi connectivity index (χ3v) is 7.56. The fourth-order valence-corrected chi connectivity index (χ4v) is 5.90. The maximum Gasteiger partial charge on any atom is 0.407 e. The number of carbonyl (C=O) groups excluding carboxylic acids is 3. The molecule has 0 saturated carbocycles. The molecule has 9 heteroatoms. The summed E-state index contributed by atoms with van der Waals surface area (Å²) in [6, 6.07) is 14.0. The molecule has 0 atom stereocenters. The van der Waals surface area contributed by atoms with Crippen LogP contribution in [0.1, 0.15) is 69.7 Å². The first-order valence-corrected chi connectivity index (χ1v) is 14.5. The summed E-state index contributed by atoms with van der Waals surface area (Å²) in [5, 5.41) is 6.64. The Kier molecular flexibility index (Phi) is 8.54. The van der Waals surface area contributed by atoms with E-state index in [-0.39, 0.29) is 24.8 Å². The fraction of sp³-hybridized carbons (Fsp3) is 0.484. The van der Waals surface area contributed by atoms with Crippen LogP contribution in [0.4, 0.5) is 4.79 Å². The molecule has 2 amide bonds. The van der Waals surface area contributed by atoms with Gasteiger partial charge in [-0.15, -0.1) is 11.3 Å². The van der Waals surface area contributed by atoms with Gasteiger partial charge in [-0.05, 0) is 89.6 Å². The molecular formula is C31H39N3O5S. The lowest BCUT2D eigenvalue weighted by atomic mass is 9.80. The van der Waals surface area contributed by atoms with Gasteiger partial charge in [0.05, 0.1) is 28.6 Å². The Labute approximate surface area is 239 Å². The highest BCUT2D eigenvalue weighted by Gasteiger charge is 2.46. The van der Waals surface area contributed by atoms with Crippen LogP contribution in [0.15, 0.2) is 42.5 Å². The van der Waals surface area contributed by atoms with E-state index in [1.165, 1.54) is 11.3 Å². The maximum absolute atomic E-state index is 13.7. The van der Waals surface area contributed by atoms with Crippen LogP contribution in [0.3, 0.4) is 0 Å². The second-order valence-electron chi connectivity index (χ2n) is 12.4. The quantitative estimate of drug-likeness (QED) is 0.350. The first kappa shape index (κ1) is 29.5. The van der Waals surface area contributed by atoms with Gasteiger partial charge in [0.2, 0.25) is 5.91 Å². The predicted octanol–water partition coefficient (Wildman–Crippen LogP) is 5.50. The Hall–Kier alpha value is -3.46. The van der Waals surface area contributed by atoms with Crippen molar-refractivity contribution < 1.29 is 23.9 Å². The molecule has 2 N–H and O–H groups in total. The molecule has 40 heavy (non-hydrogen) atoms. The first-order chi connectivity index (χ1) is 18.7. The van der Waals surface area contributed by atoms with Crippen LogP contribution in [-0.2, 0) is 44.9 Å². The van der Waals surface area contributed by atoms with Crippen LogP contribution in [0.5, 0.6) is 0 Å². The van der Waals surface area contributed by atoms with Crippen molar-refractivity contribution in [3.8, 4) is 0 Å². The van der Waals surface area contributed by atoms with Crippen LogP contribution in [0.25, 0.3) is 10.2 Å². The number of amides is 2. The molecule has 0 aliphatic heterocycles. The van der Waals surface area contributed by atoms with E-state index < -0.39 is 22.7 Å². The first-order valence-electron chi connectivity index (χ1n) is 13.6. The van der Waals surface area contributed by atoms with Gasteiger partial charge in [-0.25, -0.2) is 9.78 Å². The molecule has 1 heterocycles. The summed E-state index contributed by atoms with van der Waals surface area (Å²) in [5.41, 5.74) is 2.07. The average molecular weight is 566 g/mol. The average Bonchev–Trinajstić information content (AvgIpc) is 3.40. The van der Waals surface area contributed by atoms with Gasteiger partial charge in [-0.2, -0.15) is 0 Å². The summed E-state index contributed by atoms with van der Waals surface area (Å²) in [7, 11) is 0. The second-order valence-corrected chi connectivity index (χ2v) is 13.6. The summed E-state index contributed by atoms with van der Waals surface area (Å²) in [6.45, 7) is 11.7. The number of nitrogens with one attached hydrogen (secondary N) is 2. The third kappa shape index (κ3) is 7.81. The number of nitrogens with zero attached hydrogens (tertiary/aromatic N) is 1. The normalized spacial score (nSPS) is 14.4. The monoisotopic (exact) mass is 565 g/mol. The predicted molar refractivity (Wildman–Crippen MR) is 156 cm³/mol. The van der Waals surface area contributed by atoms with E-state index in [1.807, 2.05) is 77.9 Å². The van der Waals surface area contributed by atoms with E-state index in [1.54, 1.807) is 0 Å². The maximum atomic E-state index is 13.7. The van der Waals surface area contributed by atoms with Crippen molar-refractivity contribution >= 4 is 39.5 Å². The zero-order valence-electron chi connectivity index (χ0n) is 24.2. The minimum absolute atomic E-state index is 0.0192. The van der Waals surface area contributed by atoms with Crippen molar-refractivity contribution in [1.82, 2.24) is 15.6 Å². The highest BCUT2D eigenvalue weighted by Crippen LogP contribution is 2.41. The Morgan fingerprint density at radius 2 is 1.57 bits per heavy atom. The van der Waals surface area contributed by atoms with Gasteiger partial charge in [-0.1, -0.05) is 30.3 Å². The lowest BCUT2D eigenvalue weighted by molar-refractivity contribution is -0.160. The lowest BCUT2D eigenvalue weighted by Crippen LogP contribution is -2.44. The molecule has 3 aromatic rings. The molecule has 0 fully saturated rings. The zero-order chi connectivity index (χ0) is 29.1. The Morgan fingerprint density at radius 3 is 2.20 bits per heavy atom. The molecule has 0 saturated heterocycles. The largest absolute Gasteiger partial charge is 0.460 e. The molecule has 1 aliphatic carbocycles. The summed E-state index contributed by atoms with van der Waals surface area (Å²) >= 11 is 1.52. The third-order valence-electron chi connectivity index (χ3n) is 6.54. The number of carbonyl (C=O) groups is 3. The smallest absolute Gasteiger partial charge is 0.407 e. The van der Waals surface area contributed by atoms with Crippen molar-refractivity contribution in [3.05, 3.63) is 64.2 Å². The second kappa shape index (κ2) is 11.6. The molecular weight excluding hydrogens is 526 g/mol. The number of fused-ring (bicyclic) bond motifs is 2. The van der Waals surface area contributed by atoms with Crippen molar-refractivity contribution in [3.63, 3.8) is 0 Å². The van der Waals surface area contributed by atoms with Crippen LogP contribution < -0.4 is 10.6 Å². The fourth-order valence-electron chi connectivity index (χ4n) is 4.93. The Morgan fingerprint density at radius 1 is 0.925 bits per heavy atom. The highest BCUT2D eigenvalue weighted by molar-refractivity contribution is 7.18. The summed E-state index contributed by atoms with van der Waals surface area (Å²) in [6.07, 6.45) is 1.24. The molecule has 2 aromatic carbocycles. The highest BCUT2D eigenvalue weighted by atomic mass is 32.1. The van der Waals surface area contributed by atoms with Gasteiger partial charge >= 0.3 is 12.1 Å². The Balaban J connectivity index is 1.40. The molecule has 8 nitrogen and oxygen atoms in total. The van der Waals surface area contributed by atoms with Crippen LogP contribution in [0.2, 0.25) is 0 Å². The number of alkyl carbamates (subject to hydrolysis) is 1. The molecule has 0 unspecified atom stereocenters. The van der Waals surface area contributed by atoms with E-state index in [0.717, 1.165) is 31.9 Å². The van der Waals surface area contributed by atoms with Gasteiger partial charge in [0.25, 0.3) is 0 Å². The van der Waals surface area contributed by atoms with E-state index >= 15 is 0 Å². The summed E-state index contributed by atoms with van der Waals surface area (Å²) in [5.74, 6) is -0.535. The van der Waals surface area contributed by atoms with Crippen LogP contribution in [0, 0.1) is 5.41 Å². The van der Waals surface area contributed by atoms with Gasteiger partial charge in [0.15, 0.2) is 0 Å². The minimum Gasteiger partial charge on any atom is -0.460 e. The summed E-state index contributed by atoms with van der Waals surface area (Å²) < 4.78 is 11.9. The number of ether oxygens (including phenoxy) is 2. The SMILES string of the molecule is CC(C)(C)OC(=O)CC1(C(=O)NCc2nc3ccc(CCNC(=O)OC(C)(C)C)cc3s2)Cc2ccccc2C1. The molecule has 1 aliphatic rings.